The van der Waals surface area contributed by atoms with E-state index >= 15 is 0 Å². The zero-order valence-corrected chi connectivity index (χ0v) is 13.0. The largest absolute Gasteiger partial charge is 0.399 e. The van der Waals surface area contributed by atoms with Crippen molar-refractivity contribution in [2.45, 2.75) is 38.0 Å². The van der Waals surface area contributed by atoms with E-state index in [0.717, 1.165) is 11.3 Å². The highest BCUT2D eigenvalue weighted by Crippen LogP contribution is 2.41. The lowest BCUT2D eigenvalue weighted by atomic mass is 9.83. The number of amides is 1. The molecular weight excluding hydrogens is 282 g/mol. The summed E-state index contributed by atoms with van der Waals surface area (Å²) in [7, 11) is 0. The quantitative estimate of drug-likeness (QED) is 0.849. The summed E-state index contributed by atoms with van der Waals surface area (Å²) >= 11 is 1.50. The third-order valence-electron chi connectivity index (χ3n) is 3.94. The lowest BCUT2D eigenvalue weighted by molar-refractivity contribution is -0.120. The van der Waals surface area contributed by atoms with Crippen molar-refractivity contribution in [1.29, 1.82) is 0 Å². The Morgan fingerprint density at radius 2 is 2.00 bits per heavy atom. The van der Waals surface area contributed by atoms with Crippen LogP contribution in [0.1, 0.15) is 43.9 Å². The maximum Gasteiger partial charge on any atom is 0.236 e. The second kappa shape index (κ2) is 5.15. The van der Waals surface area contributed by atoms with Crippen LogP contribution in [-0.4, -0.2) is 10.9 Å². The third kappa shape index (κ3) is 2.93. The molecule has 0 saturated heterocycles. The van der Waals surface area contributed by atoms with Gasteiger partial charge in [0.05, 0.1) is 11.1 Å². The van der Waals surface area contributed by atoms with Crippen LogP contribution in [-0.2, 0) is 10.2 Å². The average molecular weight is 301 g/mol. The van der Waals surface area contributed by atoms with Crippen LogP contribution in [0.2, 0.25) is 0 Å². The number of carbonyl (C=O) groups is 1. The van der Waals surface area contributed by atoms with Crippen molar-refractivity contribution >= 4 is 28.1 Å². The van der Waals surface area contributed by atoms with Crippen LogP contribution in [0.25, 0.3) is 0 Å². The second-order valence-corrected chi connectivity index (χ2v) is 6.91. The van der Waals surface area contributed by atoms with Gasteiger partial charge in [-0.25, -0.2) is 4.98 Å². The molecule has 1 aromatic carbocycles. The summed E-state index contributed by atoms with van der Waals surface area (Å²) in [6, 6.07) is 7.43. The van der Waals surface area contributed by atoms with Gasteiger partial charge in [-0.2, -0.15) is 0 Å². The Kier molecular flexibility index (Phi) is 3.45. The molecule has 5 heteroatoms. The van der Waals surface area contributed by atoms with Gasteiger partial charge in [0.2, 0.25) is 5.91 Å². The Hall–Kier alpha value is -1.88. The van der Waals surface area contributed by atoms with Crippen LogP contribution in [0, 0.1) is 0 Å². The Morgan fingerprint density at radius 1 is 1.33 bits per heavy atom. The van der Waals surface area contributed by atoms with Crippen molar-refractivity contribution in [3.05, 3.63) is 40.9 Å². The van der Waals surface area contributed by atoms with Crippen LogP contribution in [0.15, 0.2) is 29.6 Å². The molecule has 1 aliphatic rings. The first-order valence-electron chi connectivity index (χ1n) is 7.10. The number of benzene rings is 1. The molecule has 1 aromatic heterocycles. The summed E-state index contributed by atoms with van der Waals surface area (Å²) in [5, 5.41) is 5.67. The molecule has 2 aromatic rings. The lowest BCUT2D eigenvalue weighted by Crippen LogP contribution is -2.34. The summed E-state index contributed by atoms with van der Waals surface area (Å²) in [5.41, 5.74) is 7.82. The van der Waals surface area contributed by atoms with Gasteiger partial charge in [-0.05, 0) is 44.4 Å². The molecule has 1 saturated carbocycles. The summed E-state index contributed by atoms with van der Waals surface area (Å²) in [5.74, 6) is 0.556. The van der Waals surface area contributed by atoms with Crippen LogP contribution in [0.3, 0.4) is 0 Å². The number of nitrogens with zero attached hydrogens (tertiary/aromatic N) is 1. The first kappa shape index (κ1) is 14.1. The molecule has 0 bridgehead atoms. The fraction of sp³-hybridized carbons (Fsp3) is 0.375. The summed E-state index contributed by atoms with van der Waals surface area (Å²) in [6.45, 7) is 3.81. The molecule has 3 N–H and O–H groups in total. The SMILES string of the molecule is CC(C)(C(=O)Nc1nc(C2CC2)cs1)c1ccc(N)cc1. The molecule has 0 unspecified atom stereocenters. The number of carbonyl (C=O) groups excluding carboxylic acids is 1. The van der Waals surface area contributed by atoms with Gasteiger partial charge in [0, 0.05) is 17.0 Å². The van der Waals surface area contributed by atoms with E-state index in [9.17, 15) is 4.79 Å². The van der Waals surface area contributed by atoms with E-state index in [-0.39, 0.29) is 5.91 Å². The standard InChI is InChI=1S/C16H19N3OS/c1-16(2,11-5-7-12(17)8-6-11)14(20)19-15-18-13(9-21-15)10-3-4-10/h5-10H,3-4,17H2,1-2H3,(H,18,19,20). The molecule has 0 aliphatic heterocycles. The number of thiazole rings is 1. The minimum atomic E-state index is -0.626. The van der Waals surface area contributed by atoms with Gasteiger partial charge in [0.15, 0.2) is 5.13 Å². The Bertz CT molecular complexity index is 656. The van der Waals surface area contributed by atoms with E-state index in [4.69, 9.17) is 5.73 Å². The molecular formula is C16H19N3OS. The topological polar surface area (TPSA) is 68.0 Å². The highest BCUT2D eigenvalue weighted by atomic mass is 32.1. The lowest BCUT2D eigenvalue weighted by Gasteiger charge is -2.23. The van der Waals surface area contributed by atoms with Crippen LogP contribution >= 0.6 is 11.3 Å². The number of rotatable bonds is 4. The highest BCUT2D eigenvalue weighted by Gasteiger charge is 2.31. The molecule has 1 amide bonds. The van der Waals surface area contributed by atoms with Crippen molar-refractivity contribution < 1.29 is 4.79 Å². The van der Waals surface area contributed by atoms with Gasteiger partial charge < -0.3 is 11.1 Å². The monoisotopic (exact) mass is 301 g/mol. The van der Waals surface area contributed by atoms with Gasteiger partial charge in [0.25, 0.3) is 0 Å². The van der Waals surface area contributed by atoms with Gasteiger partial charge >= 0.3 is 0 Å². The maximum atomic E-state index is 12.5. The molecule has 110 valence electrons. The molecule has 21 heavy (non-hydrogen) atoms. The number of aromatic nitrogens is 1. The Morgan fingerprint density at radius 3 is 2.62 bits per heavy atom. The minimum Gasteiger partial charge on any atom is -0.399 e. The van der Waals surface area contributed by atoms with Crippen LogP contribution in [0.5, 0.6) is 0 Å². The summed E-state index contributed by atoms with van der Waals surface area (Å²) in [6.07, 6.45) is 2.43. The molecule has 1 aliphatic carbocycles. The Labute approximate surface area is 128 Å². The van der Waals surface area contributed by atoms with E-state index < -0.39 is 5.41 Å². The van der Waals surface area contributed by atoms with E-state index in [0.29, 0.717) is 16.7 Å². The molecule has 1 fully saturated rings. The van der Waals surface area contributed by atoms with Gasteiger partial charge in [0.1, 0.15) is 0 Å². The number of nitrogen functional groups attached to an aromatic ring is 1. The van der Waals surface area contributed by atoms with E-state index in [1.807, 2.05) is 43.5 Å². The maximum absolute atomic E-state index is 12.5. The van der Waals surface area contributed by atoms with E-state index in [1.54, 1.807) is 0 Å². The zero-order chi connectivity index (χ0) is 15.0. The van der Waals surface area contributed by atoms with Crippen LogP contribution in [0.4, 0.5) is 10.8 Å². The van der Waals surface area contributed by atoms with Crippen LogP contribution < -0.4 is 11.1 Å². The van der Waals surface area contributed by atoms with Gasteiger partial charge in [-0.15, -0.1) is 11.3 Å². The highest BCUT2D eigenvalue weighted by molar-refractivity contribution is 7.14. The molecule has 3 rings (SSSR count). The number of anilines is 2. The van der Waals surface area contributed by atoms with Crippen molar-refractivity contribution in [1.82, 2.24) is 4.98 Å². The first-order chi connectivity index (χ1) is 9.96. The van der Waals surface area contributed by atoms with Crippen molar-refractivity contribution in [2.75, 3.05) is 11.1 Å². The van der Waals surface area contributed by atoms with Crippen molar-refractivity contribution in [3.63, 3.8) is 0 Å². The third-order valence-corrected chi connectivity index (χ3v) is 4.71. The number of nitrogens with two attached hydrogens (primary N) is 1. The van der Waals surface area contributed by atoms with E-state index in [1.165, 1.54) is 24.2 Å². The van der Waals surface area contributed by atoms with E-state index in [2.05, 4.69) is 10.3 Å². The fourth-order valence-corrected chi connectivity index (χ4v) is 2.98. The molecule has 1 heterocycles. The molecule has 0 spiro atoms. The summed E-state index contributed by atoms with van der Waals surface area (Å²) < 4.78 is 0. The Balaban J connectivity index is 1.74. The normalized spacial score (nSPS) is 15.0. The second-order valence-electron chi connectivity index (χ2n) is 6.05. The number of hydrogen-bond donors (Lipinski definition) is 2. The molecule has 0 atom stereocenters. The fourth-order valence-electron chi connectivity index (χ4n) is 2.19. The predicted octanol–water partition coefficient (Wildman–Crippen LogP) is 3.52. The average Bonchev–Trinajstić information content (AvgIpc) is 3.20. The predicted molar refractivity (Wildman–Crippen MR) is 86.6 cm³/mol. The smallest absolute Gasteiger partial charge is 0.236 e. The zero-order valence-electron chi connectivity index (χ0n) is 12.2. The van der Waals surface area contributed by atoms with Gasteiger partial charge in [-0.3, -0.25) is 4.79 Å². The first-order valence-corrected chi connectivity index (χ1v) is 7.97. The number of nitrogens with one attached hydrogen (secondary N) is 1. The van der Waals surface area contributed by atoms with Crippen molar-refractivity contribution in [3.8, 4) is 0 Å². The number of hydrogen-bond acceptors (Lipinski definition) is 4. The minimum absolute atomic E-state index is 0.0519. The summed E-state index contributed by atoms with van der Waals surface area (Å²) in [4.78, 5) is 17.0. The van der Waals surface area contributed by atoms with Crippen molar-refractivity contribution in [2.24, 2.45) is 0 Å². The van der Waals surface area contributed by atoms with Gasteiger partial charge in [-0.1, -0.05) is 12.1 Å². The molecule has 4 nitrogen and oxygen atoms in total. The molecule has 0 radical (unpaired) electrons.